The summed E-state index contributed by atoms with van der Waals surface area (Å²) < 4.78 is 0. The summed E-state index contributed by atoms with van der Waals surface area (Å²) in [6, 6.07) is 11.4. The van der Waals surface area contributed by atoms with Gasteiger partial charge < -0.3 is 4.98 Å². The molecule has 0 saturated carbocycles. The van der Waals surface area contributed by atoms with Crippen LogP contribution in [0.5, 0.6) is 0 Å². The molecule has 0 aliphatic carbocycles. The van der Waals surface area contributed by atoms with E-state index >= 15 is 0 Å². The first-order valence-corrected chi connectivity index (χ1v) is 8.13. The summed E-state index contributed by atoms with van der Waals surface area (Å²) in [5, 5.41) is 2.04. The number of benzene rings is 2. The van der Waals surface area contributed by atoms with E-state index in [0.29, 0.717) is 21.3 Å². The lowest BCUT2D eigenvalue weighted by Gasteiger charge is -2.18. The van der Waals surface area contributed by atoms with Crippen molar-refractivity contribution in [2.45, 2.75) is 26.2 Å². The van der Waals surface area contributed by atoms with Crippen LogP contribution < -0.4 is 0 Å². The van der Waals surface area contributed by atoms with Crippen molar-refractivity contribution in [2.75, 3.05) is 0 Å². The highest BCUT2D eigenvalue weighted by Gasteiger charge is 2.19. The van der Waals surface area contributed by atoms with Gasteiger partial charge in [0.2, 0.25) is 0 Å². The van der Waals surface area contributed by atoms with Crippen molar-refractivity contribution in [3.8, 4) is 11.3 Å². The maximum Gasteiger partial charge on any atom is 0.152 e. The fraction of sp³-hybridized carbons (Fsp3) is 0.211. The Hall–Kier alpha value is -1.77. The van der Waals surface area contributed by atoms with Crippen molar-refractivity contribution in [3.05, 3.63) is 57.6 Å². The minimum Gasteiger partial charge on any atom is -0.354 e. The van der Waals surface area contributed by atoms with E-state index in [1.54, 1.807) is 18.2 Å². The second-order valence-corrected chi connectivity index (χ2v) is 7.51. The van der Waals surface area contributed by atoms with Gasteiger partial charge in [-0.15, -0.1) is 0 Å². The van der Waals surface area contributed by atoms with Crippen LogP contribution in [0.4, 0.5) is 0 Å². The summed E-state index contributed by atoms with van der Waals surface area (Å²) in [5.41, 5.74) is 4.14. The summed E-state index contributed by atoms with van der Waals surface area (Å²) >= 11 is 12.4. The zero-order valence-corrected chi connectivity index (χ0v) is 14.7. The molecule has 3 rings (SSSR count). The lowest BCUT2D eigenvalue weighted by Crippen LogP contribution is -2.10. The number of hydrogen-bond acceptors (Lipinski definition) is 1. The molecule has 3 aromatic rings. The SMILES string of the molecule is CC(C)(C)c1ccc2[nH]c(-c3cc(Cl)ccc3Cl)c(C=O)c2c1. The van der Waals surface area contributed by atoms with Crippen molar-refractivity contribution in [3.63, 3.8) is 0 Å². The Balaban J connectivity index is 2.30. The van der Waals surface area contributed by atoms with Crippen molar-refractivity contribution >= 4 is 40.4 Å². The van der Waals surface area contributed by atoms with Crippen molar-refractivity contribution in [1.82, 2.24) is 4.98 Å². The molecule has 0 spiro atoms. The van der Waals surface area contributed by atoms with Gasteiger partial charge in [-0.3, -0.25) is 4.79 Å². The average Bonchev–Trinajstić information content (AvgIpc) is 2.86. The smallest absolute Gasteiger partial charge is 0.152 e. The Morgan fingerprint density at radius 1 is 1.04 bits per heavy atom. The van der Waals surface area contributed by atoms with Gasteiger partial charge in [-0.2, -0.15) is 0 Å². The predicted octanol–water partition coefficient (Wildman–Crippen LogP) is 6.25. The number of carbonyl (C=O) groups is 1. The van der Waals surface area contributed by atoms with Crippen LogP contribution in [0.15, 0.2) is 36.4 Å². The van der Waals surface area contributed by atoms with E-state index in [4.69, 9.17) is 23.2 Å². The van der Waals surface area contributed by atoms with Crippen LogP contribution in [0.25, 0.3) is 22.2 Å². The summed E-state index contributed by atoms with van der Waals surface area (Å²) in [7, 11) is 0. The Kier molecular flexibility index (Phi) is 3.99. The lowest BCUT2D eigenvalue weighted by molar-refractivity contribution is 0.112. The molecule has 0 aliphatic heterocycles. The first-order valence-electron chi connectivity index (χ1n) is 7.38. The van der Waals surface area contributed by atoms with Gasteiger partial charge in [0.1, 0.15) is 0 Å². The molecule has 1 aromatic heterocycles. The molecular weight excluding hydrogens is 329 g/mol. The van der Waals surface area contributed by atoms with Gasteiger partial charge in [-0.1, -0.05) is 50.0 Å². The molecule has 2 aromatic carbocycles. The van der Waals surface area contributed by atoms with E-state index in [1.807, 2.05) is 6.07 Å². The maximum absolute atomic E-state index is 11.7. The van der Waals surface area contributed by atoms with Crippen LogP contribution >= 0.6 is 23.2 Å². The molecule has 0 bridgehead atoms. The minimum atomic E-state index is 0.0134. The largest absolute Gasteiger partial charge is 0.354 e. The zero-order valence-electron chi connectivity index (χ0n) is 13.2. The Morgan fingerprint density at radius 3 is 2.43 bits per heavy atom. The molecule has 0 radical (unpaired) electrons. The van der Waals surface area contributed by atoms with Crippen LogP contribution in [0, 0.1) is 0 Å². The molecule has 0 fully saturated rings. The quantitative estimate of drug-likeness (QED) is 0.547. The second kappa shape index (κ2) is 5.70. The molecule has 1 heterocycles. The van der Waals surface area contributed by atoms with Gasteiger partial charge >= 0.3 is 0 Å². The van der Waals surface area contributed by atoms with Crippen molar-refractivity contribution < 1.29 is 4.79 Å². The van der Waals surface area contributed by atoms with Gasteiger partial charge in [0.25, 0.3) is 0 Å². The van der Waals surface area contributed by atoms with E-state index in [1.165, 1.54) is 5.56 Å². The number of aromatic amines is 1. The number of H-pyrrole nitrogens is 1. The Morgan fingerprint density at radius 2 is 1.78 bits per heavy atom. The van der Waals surface area contributed by atoms with Crippen molar-refractivity contribution in [1.29, 1.82) is 0 Å². The third kappa shape index (κ3) is 2.89. The molecule has 118 valence electrons. The monoisotopic (exact) mass is 345 g/mol. The number of hydrogen-bond donors (Lipinski definition) is 1. The van der Waals surface area contributed by atoms with E-state index in [0.717, 1.165) is 22.8 Å². The van der Waals surface area contributed by atoms with Crippen LogP contribution in [-0.4, -0.2) is 11.3 Å². The molecule has 1 N–H and O–H groups in total. The fourth-order valence-electron chi connectivity index (χ4n) is 2.70. The third-order valence-corrected chi connectivity index (χ3v) is 4.59. The number of aromatic nitrogens is 1. The normalized spacial score (nSPS) is 11.9. The maximum atomic E-state index is 11.7. The average molecular weight is 346 g/mol. The van der Waals surface area contributed by atoms with Gasteiger partial charge in [0, 0.05) is 27.1 Å². The molecule has 23 heavy (non-hydrogen) atoms. The summed E-state index contributed by atoms with van der Waals surface area (Å²) in [6.07, 6.45) is 0.873. The zero-order chi connectivity index (χ0) is 16.8. The molecular formula is C19H17Cl2NO. The minimum absolute atomic E-state index is 0.0134. The first-order chi connectivity index (χ1) is 10.8. The molecule has 4 heteroatoms. The standard InChI is InChI=1S/C19H17Cl2NO/c1-19(2,3)11-4-7-17-13(8-11)15(10-23)18(22-17)14-9-12(20)5-6-16(14)21/h4-10,22H,1-3H3. The number of carbonyl (C=O) groups excluding carboxylic acids is 1. The van der Waals surface area contributed by atoms with Gasteiger partial charge in [0.15, 0.2) is 6.29 Å². The van der Waals surface area contributed by atoms with E-state index in [-0.39, 0.29) is 5.41 Å². The Labute approximate surface area is 145 Å². The highest BCUT2D eigenvalue weighted by molar-refractivity contribution is 6.35. The Bertz CT molecular complexity index is 904. The molecule has 0 unspecified atom stereocenters. The topological polar surface area (TPSA) is 32.9 Å². The van der Waals surface area contributed by atoms with Crippen molar-refractivity contribution in [2.24, 2.45) is 0 Å². The number of nitrogens with one attached hydrogen (secondary N) is 1. The summed E-state index contributed by atoms with van der Waals surface area (Å²) in [5.74, 6) is 0. The number of aldehydes is 1. The van der Waals surface area contributed by atoms with E-state index in [2.05, 4.69) is 37.9 Å². The van der Waals surface area contributed by atoms with Gasteiger partial charge in [0.05, 0.1) is 10.7 Å². The highest BCUT2D eigenvalue weighted by Crippen LogP contribution is 2.36. The third-order valence-electron chi connectivity index (χ3n) is 4.02. The number of halogens is 2. The van der Waals surface area contributed by atoms with Gasteiger partial charge in [-0.05, 0) is 41.3 Å². The first kappa shape index (κ1) is 16.1. The van der Waals surface area contributed by atoms with Gasteiger partial charge in [-0.25, -0.2) is 0 Å². The lowest BCUT2D eigenvalue weighted by atomic mass is 9.86. The molecule has 0 amide bonds. The van der Waals surface area contributed by atoms with Crippen LogP contribution in [0.1, 0.15) is 36.7 Å². The van der Waals surface area contributed by atoms with E-state index in [9.17, 15) is 4.79 Å². The summed E-state index contributed by atoms with van der Waals surface area (Å²) in [6.45, 7) is 6.45. The molecule has 0 aliphatic rings. The second-order valence-electron chi connectivity index (χ2n) is 6.67. The van der Waals surface area contributed by atoms with Crippen LogP contribution in [0.3, 0.4) is 0 Å². The fourth-order valence-corrected chi connectivity index (χ4v) is 3.09. The number of rotatable bonds is 2. The molecule has 0 saturated heterocycles. The van der Waals surface area contributed by atoms with E-state index < -0.39 is 0 Å². The predicted molar refractivity (Wildman–Crippen MR) is 97.8 cm³/mol. The highest BCUT2D eigenvalue weighted by atomic mass is 35.5. The molecule has 0 atom stereocenters. The van der Waals surface area contributed by atoms with Crippen LogP contribution in [-0.2, 0) is 5.41 Å². The number of fused-ring (bicyclic) bond motifs is 1. The van der Waals surface area contributed by atoms with Crippen LogP contribution in [0.2, 0.25) is 10.0 Å². The summed E-state index contributed by atoms with van der Waals surface area (Å²) in [4.78, 5) is 15.0. The molecule has 2 nitrogen and oxygen atoms in total.